The van der Waals surface area contributed by atoms with Crippen LogP contribution >= 0.6 is 0 Å². The van der Waals surface area contributed by atoms with Gasteiger partial charge in [-0.3, -0.25) is 0 Å². The fraction of sp³-hybridized carbons (Fsp3) is 0.893. The molecule has 1 N–H and O–H groups in total. The molecule has 5 fully saturated rings. The zero-order valence-corrected chi connectivity index (χ0v) is 20.4. The minimum atomic E-state index is -0.780. The van der Waals surface area contributed by atoms with Gasteiger partial charge < -0.3 is 14.6 Å². The average molecular weight is 447 g/mol. The summed E-state index contributed by atoms with van der Waals surface area (Å²) in [6, 6.07) is 0. The molecule has 4 saturated carbocycles. The molecule has 0 radical (unpaired) electrons. The number of hydrogen-bond acceptors (Lipinski definition) is 3. The van der Waals surface area contributed by atoms with Crippen LogP contribution in [0.1, 0.15) is 110 Å². The van der Waals surface area contributed by atoms with Crippen molar-refractivity contribution in [1.82, 2.24) is 0 Å². The highest BCUT2D eigenvalue weighted by Crippen LogP contribution is 2.62. The molecule has 1 heterocycles. The zero-order valence-electron chi connectivity index (χ0n) is 20.4. The topological polar surface area (TPSA) is 55.8 Å². The molecule has 4 nitrogen and oxygen atoms in total. The first-order valence-electron chi connectivity index (χ1n) is 13.6. The van der Waals surface area contributed by atoms with Crippen LogP contribution in [0.15, 0.2) is 11.8 Å². The molecule has 0 aromatic heterocycles. The number of aliphatic carboxylic acids is 1. The lowest BCUT2D eigenvalue weighted by molar-refractivity contribution is -0.134. The summed E-state index contributed by atoms with van der Waals surface area (Å²) in [5, 5.41) is 9.76. The van der Waals surface area contributed by atoms with Crippen molar-refractivity contribution in [1.29, 1.82) is 0 Å². The Bertz CT molecular complexity index is 613. The number of carboxylic acids is 1. The highest BCUT2D eigenvalue weighted by atomic mass is 16.5. The first-order chi connectivity index (χ1) is 15.5. The molecule has 4 heteroatoms. The average Bonchev–Trinajstić information content (AvgIpc) is 2.71. The number of hydrogen-bond donors (Lipinski definition) is 1. The van der Waals surface area contributed by atoms with Crippen molar-refractivity contribution in [3.05, 3.63) is 11.8 Å². The van der Waals surface area contributed by atoms with Crippen LogP contribution in [-0.2, 0) is 14.3 Å². The quantitative estimate of drug-likeness (QED) is 0.165. The van der Waals surface area contributed by atoms with Crippen molar-refractivity contribution in [2.75, 3.05) is 19.8 Å². The highest BCUT2D eigenvalue weighted by molar-refractivity contribution is 5.86. The Balaban J connectivity index is 1.10. The number of ether oxygens (including phenoxy) is 2. The fourth-order valence-corrected chi connectivity index (χ4v) is 7.81. The Morgan fingerprint density at radius 1 is 0.938 bits per heavy atom. The summed E-state index contributed by atoms with van der Waals surface area (Å²) >= 11 is 0. The molecule has 182 valence electrons. The van der Waals surface area contributed by atoms with Crippen LogP contribution in [0.5, 0.6) is 0 Å². The Hall–Kier alpha value is -1.03. The molecular formula is C28H46O4. The monoisotopic (exact) mass is 446 g/mol. The third kappa shape index (κ3) is 6.10. The summed E-state index contributed by atoms with van der Waals surface area (Å²) in [5.74, 6) is 1.79. The third-order valence-corrected chi connectivity index (χ3v) is 9.08. The number of unbranched alkanes of at least 4 members (excludes halogenated alkanes) is 5. The van der Waals surface area contributed by atoms with Crippen LogP contribution in [0.2, 0.25) is 0 Å². The van der Waals surface area contributed by atoms with Crippen LogP contribution in [0.25, 0.3) is 0 Å². The van der Waals surface area contributed by atoms with Gasteiger partial charge in [0.2, 0.25) is 0 Å². The van der Waals surface area contributed by atoms with Gasteiger partial charge in [-0.25, -0.2) is 4.79 Å². The van der Waals surface area contributed by atoms with Gasteiger partial charge in [0.1, 0.15) is 0 Å². The summed E-state index contributed by atoms with van der Waals surface area (Å²) in [5.41, 5.74) is 1.25. The SMILES string of the molecule is CCCCC1(CCCCCCCOC=C(CC23CC4CC(CC(C4)C2)C3)C(=O)O)COC1. The standard InChI is InChI=1S/C28H46O4/c1-2-3-9-27(20-32-21-27)10-7-5-4-6-8-11-31-19-25(26(29)30)18-28-15-22-12-23(16-28)14-24(13-22)17-28/h19,22-24H,2-18,20-21H2,1H3,(H,29,30). The Labute approximate surface area is 195 Å². The summed E-state index contributed by atoms with van der Waals surface area (Å²) < 4.78 is 11.3. The number of carbonyl (C=O) groups is 1. The molecule has 5 aliphatic rings. The van der Waals surface area contributed by atoms with E-state index in [2.05, 4.69) is 6.92 Å². The molecular weight excluding hydrogens is 400 g/mol. The van der Waals surface area contributed by atoms with Crippen LogP contribution in [0.3, 0.4) is 0 Å². The van der Waals surface area contributed by atoms with Crippen molar-refractivity contribution in [3.8, 4) is 0 Å². The molecule has 5 rings (SSSR count). The first kappa shape index (κ1) is 24.1. The maximum absolute atomic E-state index is 11.9. The van der Waals surface area contributed by atoms with Gasteiger partial charge in [-0.1, -0.05) is 45.4 Å². The van der Waals surface area contributed by atoms with Gasteiger partial charge in [-0.05, 0) is 87.4 Å². The number of rotatable bonds is 15. The smallest absolute Gasteiger partial charge is 0.334 e. The Morgan fingerprint density at radius 2 is 1.53 bits per heavy atom. The molecule has 4 bridgehead atoms. The van der Waals surface area contributed by atoms with E-state index in [1.165, 1.54) is 89.9 Å². The molecule has 0 unspecified atom stereocenters. The maximum Gasteiger partial charge on any atom is 0.334 e. The van der Waals surface area contributed by atoms with Crippen molar-refractivity contribution in [2.45, 2.75) is 110 Å². The second-order valence-electron chi connectivity index (χ2n) is 12.0. The molecule has 0 amide bonds. The lowest BCUT2D eigenvalue weighted by atomic mass is 9.48. The van der Waals surface area contributed by atoms with E-state index >= 15 is 0 Å². The van der Waals surface area contributed by atoms with Gasteiger partial charge in [0, 0.05) is 5.41 Å². The van der Waals surface area contributed by atoms with Gasteiger partial charge >= 0.3 is 5.97 Å². The van der Waals surface area contributed by atoms with Crippen LogP contribution in [0.4, 0.5) is 0 Å². The van der Waals surface area contributed by atoms with Gasteiger partial charge in [-0.15, -0.1) is 0 Å². The van der Waals surface area contributed by atoms with E-state index in [0.717, 1.165) is 43.8 Å². The summed E-state index contributed by atoms with van der Waals surface area (Å²) in [6.07, 6.45) is 21.5. The van der Waals surface area contributed by atoms with Crippen LogP contribution in [0, 0.1) is 28.6 Å². The predicted octanol–water partition coefficient (Wildman–Crippen LogP) is 7.13. The number of carboxylic acid groups (broad SMARTS) is 1. The van der Waals surface area contributed by atoms with E-state index in [0.29, 0.717) is 17.6 Å². The summed E-state index contributed by atoms with van der Waals surface area (Å²) in [4.78, 5) is 11.9. The van der Waals surface area contributed by atoms with Gasteiger partial charge in [0.05, 0.1) is 31.7 Å². The second kappa shape index (κ2) is 10.9. The van der Waals surface area contributed by atoms with E-state index < -0.39 is 5.97 Å². The third-order valence-electron chi connectivity index (χ3n) is 9.08. The second-order valence-corrected chi connectivity index (χ2v) is 12.0. The normalized spacial score (nSPS) is 32.7. The molecule has 32 heavy (non-hydrogen) atoms. The molecule has 1 aliphatic heterocycles. The van der Waals surface area contributed by atoms with Crippen molar-refractivity contribution < 1.29 is 19.4 Å². The summed E-state index contributed by atoms with van der Waals surface area (Å²) in [6.45, 7) is 4.86. The molecule has 0 spiro atoms. The largest absolute Gasteiger partial charge is 0.501 e. The van der Waals surface area contributed by atoms with E-state index in [-0.39, 0.29) is 5.41 Å². The maximum atomic E-state index is 11.9. The van der Waals surface area contributed by atoms with Crippen molar-refractivity contribution in [3.63, 3.8) is 0 Å². The van der Waals surface area contributed by atoms with E-state index in [1.54, 1.807) is 6.26 Å². The van der Waals surface area contributed by atoms with E-state index in [4.69, 9.17) is 9.47 Å². The molecule has 4 aliphatic carbocycles. The molecule has 1 saturated heterocycles. The van der Waals surface area contributed by atoms with E-state index in [1.807, 2.05) is 0 Å². The minimum absolute atomic E-state index is 0.252. The van der Waals surface area contributed by atoms with Crippen molar-refractivity contribution in [2.24, 2.45) is 28.6 Å². The van der Waals surface area contributed by atoms with Gasteiger partial charge in [0.25, 0.3) is 0 Å². The van der Waals surface area contributed by atoms with Crippen molar-refractivity contribution >= 4 is 5.97 Å². The molecule has 0 atom stereocenters. The predicted molar refractivity (Wildman–Crippen MR) is 127 cm³/mol. The Kier molecular flexibility index (Phi) is 8.23. The highest BCUT2D eigenvalue weighted by Gasteiger charge is 2.51. The Morgan fingerprint density at radius 3 is 2.09 bits per heavy atom. The zero-order chi connectivity index (χ0) is 22.4. The summed E-state index contributed by atoms with van der Waals surface area (Å²) in [7, 11) is 0. The van der Waals surface area contributed by atoms with Gasteiger partial charge in [0.15, 0.2) is 0 Å². The lowest BCUT2D eigenvalue weighted by Gasteiger charge is -2.57. The van der Waals surface area contributed by atoms with Crippen LogP contribution < -0.4 is 0 Å². The van der Waals surface area contributed by atoms with E-state index in [9.17, 15) is 9.90 Å². The first-order valence-corrected chi connectivity index (χ1v) is 13.6. The minimum Gasteiger partial charge on any atom is -0.501 e. The molecule has 0 aromatic rings. The van der Waals surface area contributed by atoms with Crippen LogP contribution in [-0.4, -0.2) is 30.9 Å². The fourth-order valence-electron chi connectivity index (χ4n) is 7.81. The van der Waals surface area contributed by atoms with Gasteiger partial charge in [-0.2, -0.15) is 0 Å². The molecule has 0 aromatic carbocycles. The lowest BCUT2D eigenvalue weighted by Crippen LogP contribution is -2.46.